The fourth-order valence-corrected chi connectivity index (χ4v) is 9.69. The fraction of sp³-hybridized carbons (Fsp3) is 0.509. The molecule has 1 aliphatic carbocycles. The summed E-state index contributed by atoms with van der Waals surface area (Å²) in [6.07, 6.45) is -24.3. The summed E-state index contributed by atoms with van der Waals surface area (Å²) in [6, 6.07) is 19.8. The van der Waals surface area contributed by atoms with Crippen LogP contribution in [0.3, 0.4) is 0 Å². The Bertz CT molecular complexity index is 2810. The Morgan fingerprint density at radius 3 is 1.38 bits per heavy atom. The summed E-state index contributed by atoms with van der Waals surface area (Å²) in [5.41, 5.74) is -0.984. The van der Waals surface area contributed by atoms with Crippen molar-refractivity contribution in [1.82, 2.24) is 15.5 Å². The van der Waals surface area contributed by atoms with Crippen molar-refractivity contribution in [2.24, 2.45) is 0 Å². The van der Waals surface area contributed by atoms with E-state index in [1.54, 1.807) is 91.0 Å². The van der Waals surface area contributed by atoms with Crippen LogP contribution in [-0.2, 0) is 120 Å². The first-order chi connectivity index (χ1) is 40.3. The van der Waals surface area contributed by atoms with Crippen LogP contribution in [0.4, 0.5) is 14.4 Å². The number of nitrogens with zero attached hydrogens (tertiary/aromatic N) is 1. The Morgan fingerprint density at radius 1 is 0.482 bits per heavy atom. The number of benzene rings is 3. The zero-order chi connectivity index (χ0) is 62.1. The average molecular weight is 1200 g/mol. The lowest BCUT2D eigenvalue weighted by molar-refractivity contribution is -0.328. The van der Waals surface area contributed by atoms with Crippen LogP contribution in [0.2, 0.25) is 0 Å². The van der Waals surface area contributed by atoms with Crippen LogP contribution in [0.25, 0.3) is 0 Å². The van der Waals surface area contributed by atoms with Crippen molar-refractivity contribution in [2.75, 3.05) is 20.3 Å². The largest absolute Gasteiger partial charge is 0.463 e. The number of amides is 3. The van der Waals surface area contributed by atoms with Crippen molar-refractivity contribution in [3.8, 4) is 0 Å². The monoisotopic (exact) mass is 1200 g/mol. The molecule has 462 valence electrons. The summed E-state index contributed by atoms with van der Waals surface area (Å²) in [4.78, 5) is 134. The summed E-state index contributed by atoms with van der Waals surface area (Å²) in [7, 11) is 1.18. The van der Waals surface area contributed by atoms with Crippen molar-refractivity contribution >= 4 is 60.1 Å². The zero-order valence-corrected chi connectivity index (χ0v) is 48.0. The Labute approximate surface area is 488 Å². The number of hydrogen-bond donors (Lipinski definition) is 3. The second-order valence-corrected chi connectivity index (χ2v) is 19.9. The molecule has 85 heavy (non-hydrogen) atoms. The highest BCUT2D eigenvalue weighted by Gasteiger charge is 2.64. The van der Waals surface area contributed by atoms with Crippen LogP contribution < -0.4 is 10.6 Å². The van der Waals surface area contributed by atoms with Crippen molar-refractivity contribution in [1.29, 1.82) is 0 Å². The minimum Gasteiger partial charge on any atom is -0.463 e. The number of nitrogens with one attached hydrogen (secondary N) is 2. The van der Waals surface area contributed by atoms with Crippen LogP contribution in [0.15, 0.2) is 91.0 Å². The molecule has 6 rings (SSSR count). The third kappa shape index (κ3) is 18.3. The van der Waals surface area contributed by atoms with Crippen molar-refractivity contribution < 1.29 is 119 Å². The van der Waals surface area contributed by atoms with Crippen molar-refractivity contribution in [3.63, 3.8) is 0 Å². The summed E-state index contributed by atoms with van der Waals surface area (Å²) in [5.74, 6) is -6.88. The van der Waals surface area contributed by atoms with Gasteiger partial charge in [0.25, 0.3) is 0 Å². The number of ether oxygens (including phenoxy) is 14. The van der Waals surface area contributed by atoms with E-state index in [9.17, 15) is 53.1 Å². The Hall–Kier alpha value is -8.44. The van der Waals surface area contributed by atoms with E-state index in [0.717, 1.165) is 53.4 Å². The number of carbonyl (C=O) groups excluding carboxylic acids is 10. The van der Waals surface area contributed by atoms with E-state index in [1.807, 2.05) is 0 Å². The lowest BCUT2D eigenvalue weighted by atomic mass is 9.80. The molecule has 28 nitrogen and oxygen atoms in total. The Morgan fingerprint density at radius 2 is 0.906 bits per heavy atom. The van der Waals surface area contributed by atoms with Crippen molar-refractivity contribution in [3.05, 3.63) is 108 Å². The van der Waals surface area contributed by atoms with Gasteiger partial charge in [0.2, 0.25) is 0 Å². The van der Waals surface area contributed by atoms with E-state index in [4.69, 9.17) is 66.3 Å². The molecular weight excluding hydrogens is 1130 g/mol. The third-order valence-corrected chi connectivity index (χ3v) is 13.4. The van der Waals surface area contributed by atoms with Gasteiger partial charge in [-0.05, 0) is 23.6 Å². The number of alkyl carbamates (subject to hydrolysis) is 2. The molecule has 2 heterocycles. The maximum absolute atomic E-state index is 14.3. The Balaban J connectivity index is 1.52. The van der Waals surface area contributed by atoms with Gasteiger partial charge in [-0.15, -0.1) is 0 Å². The highest BCUT2D eigenvalue weighted by molar-refractivity contribution is 5.73. The second kappa shape index (κ2) is 30.4. The first-order valence-corrected chi connectivity index (χ1v) is 26.7. The fourth-order valence-electron chi connectivity index (χ4n) is 9.69. The predicted molar refractivity (Wildman–Crippen MR) is 284 cm³/mol. The maximum atomic E-state index is 14.3. The van der Waals surface area contributed by atoms with Gasteiger partial charge in [-0.1, -0.05) is 91.0 Å². The predicted octanol–water partition coefficient (Wildman–Crippen LogP) is 2.98. The molecule has 3 N–H and O–H groups in total. The quantitative estimate of drug-likeness (QED) is 0.0961. The molecule has 3 fully saturated rings. The van der Waals surface area contributed by atoms with Gasteiger partial charge in [-0.2, -0.15) is 0 Å². The third-order valence-electron chi connectivity index (χ3n) is 13.4. The lowest BCUT2D eigenvalue weighted by Crippen LogP contribution is -2.75. The molecule has 3 aromatic carbocycles. The summed E-state index contributed by atoms with van der Waals surface area (Å²) in [5, 5.41) is 18.0. The number of hydrogen-bond acceptors (Lipinski definition) is 25. The minimum absolute atomic E-state index is 0.302. The van der Waals surface area contributed by atoms with Crippen LogP contribution in [0.1, 0.15) is 72.1 Å². The van der Waals surface area contributed by atoms with Gasteiger partial charge in [0, 0.05) is 55.5 Å². The molecular formula is C57H69N3O25. The van der Waals surface area contributed by atoms with Gasteiger partial charge >= 0.3 is 60.1 Å². The molecule has 3 amide bonds. The van der Waals surface area contributed by atoms with Gasteiger partial charge < -0.3 is 82.1 Å². The molecule has 1 saturated carbocycles. The number of aliphatic hydroxyl groups is 1. The number of likely N-dealkylation sites (N-methyl/N-ethyl adjacent to an activating group) is 1. The van der Waals surface area contributed by atoms with E-state index in [-0.39, 0.29) is 19.8 Å². The zero-order valence-electron chi connectivity index (χ0n) is 48.0. The summed E-state index contributed by atoms with van der Waals surface area (Å²) in [6.45, 7) is 5.67. The van der Waals surface area contributed by atoms with E-state index in [1.165, 1.54) is 14.0 Å². The number of rotatable bonds is 22. The molecule has 15 atom stereocenters. The molecule has 0 radical (unpaired) electrons. The van der Waals surface area contributed by atoms with Crippen molar-refractivity contribution in [2.45, 2.75) is 166 Å². The van der Waals surface area contributed by atoms with Gasteiger partial charge in [0.05, 0.1) is 6.10 Å². The van der Waals surface area contributed by atoms with Crippen LogP contribution in [-0.4, -0.2) is 182 Å². The van der Waals surface area contributed by atoms with E-state index >= 15 is 0 Å². The molecule has 0 unspecified atom stereocenters. The molecule has 0 spiro atoms. The molecule has 0 bridgehead atoms. The first kappa shape index (κ1) is 65.7. The number of esters is 7. The maximum Gasteiger partial charge on any atom is 0.410 e. The van der Waals surface area contributed by atoms with E-state index in [0.29, 0.717) is 16.7 Å². The summed E-state index contributed by atoms with van der Waals surface area (Å²) >= 11 is 0. The molecule has 3 aromatic rings. The Kier molecular flexibility index (Phi) is 23.5. The van der Waals surface area contributed by atoms with Gasteiger partial charge in [-0.25, -0.2) is 14.4 Å². The average Bonchev–Trinajstić information content (AvgIpc) is 1.98. The minimum atomic E-state index is -2.59. The van der Waals surface area contributed by atoms with E-state index in [2.05, 4.69) is 10.6 Å². The van der Waals surface area contributed by atoms with Crippen LogP contribution >= 0.6 is 0 Å². The van der Waals surface area contributed by atoms with Crippen LogP contribution in [0, 0.1) is 0 Å². The second-order valence-electron chi connectivity index (χ2n) is 19.9. The van der Waals surface area contributed by atoms with E-state index < -0.39 is 165 Å². The standard InChI is InChI=1S/C57H69N3O25/c1-30-57(71,29-76-32(3)62)51(85-52-44(60(9)56(70)75-27-40-23-17-12-18-24-40)49(81-36(7)66)45(78-33(4)63)41(83-52)28-72-31(2)61)53(77-30)84-48-43(59-55(69)74-26-39-21-15-11-16-22-39)46(79-34(5)64)42(47(80-35(6)65)50(48)82-37(8)67)58-54(68)73-25-38-19-13-10-14-20-38/h10-24,30,41-53,71H,25-29H2,1-9H3,(H,58,68)(H,59,69)/t30-,41-,42-,43+,44-,45-,46-,47+,48-,49-,50-,51-,52+,53-,57+/m0/s1. The lowest BCUT2D eigenvalue weighted by Gasteiger charge is -2.50. The highest BCUT2D eigenvalue weighted by atomic mass is 16.8. The molecule has 28 heteroatoms. The normalized spacial score (nSPS) is 27.7. The smallest absolute Gasteiger partial charge is 0.410 e. The summed E-state index contributed by atoms with van der Waals surface area (Å²) < 4.78 is 82.7. The molecule has 2 saturated heterocycles. The topological polar surface area (TPSA) is 347 Å². The van der Waals surface area contributed by atoms with Gasteiger partial charge in [0.1, 0.15) is 75.6 Å². The molecule has 2 aliphatic heterocycles. The van der Waals surface area contributed by atoms with Crippen LogP contribution in [0.5, 0.6) is 0 Å². The van der Waals surface area contributed by atoms with Gasteiger partial charge in [-0.3, -0.25) is 38.5 Å². The SMILES string of the molecule is CC(=O)OC[C@@H]1O[C@H](O[C@H]2[C@H](O[C@H]3[C@H](NC(=O)OCc4ccccc4)[C@@H](OC(C)=O)[C@H](NC(=O)OCc4ccccc4)[C@@H](OC(C)=O)[C@@H]3OC(C)=O)O[C@@H](C)[C@]2(O)COC(C)=O)[C@@H](N(C)C(=O)OCc2ccccc2)[C@H](OC(C)=O)[C@H]1OC(C)=O. The van der Waals surface area contributed by atoms with Gasteiger partial charge in [0.15, 0.2) is 42.6 Å². The highest BCUT2D eigenvalue weighted by Crippen LogP contribution is 2.42. The number of carbonyl (C=O) groups is 10. The molecule has 0 aromatic heterocycles. The molecule has 3 aliphatic rings. The first-order valence-electron chi connectivity index (χ1n) is 26.7.